The van der Waals surface area contributed by atoms with E-state index >= 15 is 0 Å². The number of hydrogen-bond donors (Lipinski definition) is 3. The van der Waals surface area contributed by atoms with Crippen molar-refractivity contribution in [3.05, 3.63) is 29.3 Å². The monoisotopic (exact) mass is 237 g/mol. The Balaban J connectivity index is 2.73. The lowest BCUT2D eigenvalue weighted by Crippen LogP contribution is -2.38. The van der Waals surface area contributed by atoms with Gasteiger partial charge in [-0.3, -0.25) is 4.79 Å². The Kier molecular flexibility index (Phi) is 4.52. The first-order chi connectivity index (χ1) is 7.95. The molecule has 2 unspecified atom stereocenters. The minimum absolute atomic E-state index is 0.0113. The molecule has 0 aromatic heterocycles. The lowest BCUT2D eigenvalue weighted by Gasteiger charge is -2.19. The smallest absolute Gasteiger partial charge is 0.251 e. The molecule has 0 aliphatic carbocycles. The number of phenols is 1. The third-order valence-corrected chi connectivity index (χ3v) is 2.96. The number of aryl methyl sites for hydroxylation is 1. The Morgan fingerprint density at radius 3 is 2.59 bits per heavy atom. The van der Waals surface area contributed by atoms with Crippen molar-refractivity contribution >= 4 is 5.91 Å². The summed E-state index contributed by atoms with van der Waals surface area (Å²) in [5.41, 5.74) is 1.18. The number of carbonyl (C=O) groups excluding carboxylic acids is 1. The third-order valence-electron chi connectivity index (χ3n) is 2.96. The van der Waals surface area contributed by atoms with E-state index in [9.17, 15) is 9.90 Å². The molecule has 17 heavy (non-hydrogen) atoms. The van der Waals surface area contributed by atoms with E-state index < -0.39 is 0 Å². The molecule has 0 saturated carbocycles. The number of carbonyl (C=O) groups is 1. The second-order valence-electron chi connectivity index (χ2n) is 4.42. The number of benzene rings is 1. The van der Waals surface area contributed by atoms with Crippen LogP contribution in [0.2, 0.25) is 0 Å². The second kappa shape index (κ2) is 5.68. The van der Waals surface area contributed by atoms with Crippen LogP contribution < -0.4 is 5.32 Å². The van der Waals surface area contributed by atoms with Crippen LogP contribution in [0.3, 0.4) is 0 Å². The van der Waals surface area contributed by atoms with Gasteiger partial charge in [0, 0.05) is 18.2 Å². The summed E-state index contributed by atoms with van der Waals surface area (Å²) in [6.45, 7) is 5.50. The van der Waals surface area contributed by atoms with Gasteiger partial charge in [0.05, 0.1) is 0 Å². The highest BCUT2D eigenvalue weighted by atomic mass is 16.3. The van der Waals surface area contributed by atoms with E-state index in [-0.39, 0.29) is 30.2 Å². The zero-order valence-electron chi connectivity index (χ0n) is 10.4. The first kappa shape index (κ1) is 13.5. The average molecular weight is 237 g/mol. The molecule has 0 heterocycles. The number of amides is 1. The van der Waals surface area contributed by atoms with Crippen LogP contribution in [0.15, 0.2) is 18.2 Å². The van der Waals surface area contributed by atoms with E-state index in [1.807, 2.05) is 13.8 Å². The maximum Gasteiger partial charge on any atom is 0.251 e. The fourth-order valence-corrected chi connectivity index (χ4v) is 1.39. The fraction of sp³-hybridized carbons (Fsp3) is 0.462. The van der Waals surface area contributed by atoms with Gasteiger partial charge in [0.1, 0.15) is 5.75 Å². The summed E-state index contributed by atoms with van der Waals surface area (Å²) in [6.07, 6.45) is 0. The van der Waals surface area contributed by atoms with E-state index in [0.717, 1.165) is 0 Å². The van der Waals surface area contributed by atoms with Crippen molar-refractivity contribution in [3.8, 4) is 5.75 Å². The molecule has 0 aliphatic heterocycles. The van der Waals surface area contributed by atoms with E-state index in [0.29, 0.717) is 11.1 Å². The van der Waals surface area contributed by atoms with E-state index in [2.05, 4.69) is 5.32 Å². The molecule has 3 N–H and O–H groups in total. The van der Waals surface area contributed by atoms with Crippen LogP contribution in [0, 0.1) is 12.8 Å². The Bertz CT molecular complexity index is 404. The van der Waals surface area contributed by atoms with Gasteiger partial charge in [-0.05, 0) is 43.5 Å². The average Bonchev–Trinajstić information content (AvgIpc) is 2.31. The minimum Gasteiger partial charge on any atom is -0.508 e. The van der Waals surface area contributed by atoms with Crippen molar-refractivity contribution in [1.82, 2.24) is 5.32 Å². The third kappa shape index (κ3) is 3.46. The highest BCUT2D eigenvalue weighted by Crippen LogP contribution is 2.17. The summed E-state index contributed by atoms with van der Waals surface area (Å²) >= 11 is 0. The van der Waals surface area contributed by atoms with Crippen LogP contribution in [-0.4, -0.2) is 28.8 Å². The molecule has 0 fully saturated rings. The van der Waals surface area contributed by atoms with E-state index in [1.54, 1.807) is 19.1 Å². The van der Waals surface area contributed by atoms with Crippen molar-refractivity contribution in [2.45, 2.75) is 26.8 Å². The Labute approximate surface area is 101 Å². The molecule has 0 aliphatic rings. The van der Waals surface area contributed by atoms with Crippen molar-refractivity contribution in [2.24, 2.45) is 5.92 Å². The largest absolute Gasteiger partial charge is 0.508 e. The van der Waals surface area contributed by atoms with Crippen molar-refractivity contribution in [1.29, 1.82) is 0 Å². The van der Waals surface area contributed by atoms with Crippen LogP contribution in [0.4, 0.5) is 0 Å². The first-order valence-corrected chi connectivity index (χ1v) is 5.67. The zero-order chi connectivity index (χ0) is 13.0. The topological polar surface area (TPSA) is 69.6 Å². The van der Waals surface area contributed by atoms with Gasteiger partial charge in [-0.1, -0.05) is 6.92 Å². The minimum atomic E-state index is -0.194. The zero-order valence-corrected chi connectivity index (χ0v) is 10.4. The van der Waals surface area contributed by atoms with Gasteiger partial charge in [0.25, 0.3) is 5.91 Å². The predicted octanol–water partition coefficient (Wildman–Crippen LogP) is 1.45. The molecule has 1 aromatic carbocycles. The summed E-state index contributed by atoms with van der Waals surface area (Å²) in [6, 6.07) is 4.63. The van der Waals surface area contributed by atoms with Crippen molar-refractivity contribution in [3.63, 3.8) is 0 Å². The molecule has 0 spiro atoms. The molecule has 1 rings (SSSR count). The predicted molar refractivity (Wildman–Crippen MR) is 66.0 cm³/mol. The molecule has 4 nitrogen and oxygen atoms in total. The summed E-state index contributed by atoms with van der Waals surface area (Å²) in [5.74, 6) is -0.00335. The maximum absolute atomic E-state index is 11.9. The molecule has 2 atom stereocenters. The summed E-state index contributed by atoms with van der Waals surface area (Å²) in [5, 5.41) is 21.2. The molecule has 0 saturated heterocycles. The second-order valence-corrected chi connectivity index (χ2v) is 4.42. The SMILES string of the molecule is Cc1cc(C(=O)NC(C)C(C)CO)ccc1O. The summed E-state index contributed by atoms with van der Waals surface area (Å²) in [4.78, 5) is 11.9. The Morgan fingerprint density at radius 2 is 2.06 bits per heavy atom. The molecule has 1 aromatic rings. The molecule has 1 amide bonds. The first-order valence-electron chi connectivity index (χ1n) is 5.67. The van der Waals surface area contributed by atoms with Crippen LogP contribution in [0.1, 0.15) is 29.8 Å². The van der Waals surface area contributed by atoms with Gasteiger partial charge >= 0.3 is 0 Å². The lowest BCUT2D eigenvalue weighted by atomic mass is 10.0. The van der Waals surface area contributed by atoms with Crippen LogP contribution >= 0.6 is 0 Å². The fourth-order valence-electron chi connectivity index (χ4n) is 1.39. The molecular weight excluding hydrogens is 218 g/mol. The molecular formula is C13H19NO3. The normalized spacial score (nSPS) is 14.1. The number of aliphatic hydroxyl groups excluding tert-OH is 1. The Hall–Kier alpha value is -1.55. The highest BCUT2D eigenvalue weighted by molar-refractivity contribution is 5.94. The quantitative estimate of drug-likeness (QED) is 0.742. The maximum atomic E-state index is 11.9. The lowest BCUT2D eigenvalue weighted by molar-refractivity contribution is 0.0916. The molecule has 0 radical (unpaired) electrons. The van der Waals surface area contributed by atoms with E-state index in [1.165, 1.54) is 6.07 Å². The molecule has 94 valence electrons. The highest BCUT2D eigenvalue weighted by Gasteiger charge is 2.15. The number of phenolic OH excluding ortho intramolecular Hbond substituents is 1. The number of nitrogens with one attached hydrogen (secondary N) is 1. The molecule has 0 bridgehead atoms. The van der Waals surface area contributed by atoms with Crippen molar-refractivity contribution in [2.75, 3.05) is 6.61 Å². The van der Waals surface area contributed by atoms with Gasteiger partial charge in [-0.2, -0.15) is 0 Å². The number of rotatable bonds is 4. The number of aliphatic hydroxyl groups is 1. The molecule has 4 heteroatoms. The number of aromatic hydroxyl groups is 1. The van der Waals surface area contributed by atoms with Gasteiger partial charge < -0.3 is 15.5 Å². The van der Waals surface area contributed by atoms with Crippen molar-refractivity contribution < 1.29 is 15.0 Å². The van der Waals surface area contributed by atoms with E-state index in [4.69, 9.17) is 5.11 Å². The van der Waals surface area contributed by atoms with Crippen LogP contribution in [-0.2, 0) is 0 Å². The van der Waals surface area contributed by atoms with Gasteiger partial charge in [-0.25, -0.2) is 0 Å². The summed E-state index contributed by atoms with van der Waals surface area (Å²) < 4.78 is 0. The standard InChI is InChI=1S/C13H19NO3/c1-8-6-11(4-5-12(8)16)13(17)14-10(3)9(2)7-15/h4-6,9-10,15-16H,7H2,1-3H3,(H,14,17). The van der Waals surface area contributed by atoms with Gasteiger partial charge in [0.2, 0.25) is 0 Å². The summed E-state index contributed by atoms with van der Waals surface area (Å²) in [7, 11) is 0. The Morgan fingerprint density at radius 1 is 1.41 bits per heavy atom. The van der Waals surface area contributed by atoms with Gasteiger partial charge in [-0.15, -0.1) is 0 Å². The van der Waals surface area contributed by atoms with Gasteiger partial charge in [0.15, 0.2) is 0 Å². The van der Waals surface area contributed by atoms with Crippen LogP contribution in [0.5, 0.6) is 5.75 Å². The number of hydrogen-bond acceptors (Lipinski definition) is 3. The van der Waals surface area contributed by atoms with Crippen LogP contribution in [0.25, 0.3) is 0 Å².